The van der Waals surface area contributed by atoms with E-state index in [1.807, 2.05) is 0 Å². The maximum Gasteiger partial charge on any atom is 0.00952 e. The molecule has 2 heteroatoms. The van der Waals surface area contributed by atoms with E-state index in [0.29, 0.717) is 0 Å². The quantitative estimate of drug-likeness (QED) is 0.732. The van der Waals surface area contributed by atoms with Crippen molar-refractivity contribution >= 4 is 0 Å². The van der Waals surface area contributed by atoms with Gasteiger partial charge >= 0.3 is 0 Å². The SMILES string of the molecule is C1CCC(N2CCC3CNCC3CC2)CC1. The number of fused-ring (bicyclic) bond motifs is 1. The second kappa shape index (κ2) is 5.05. The van der Waals surface area contributed by atoms with Crippen LogP contribution in [0.15, 0.2) is 0 Å². The Morgan fingerprint density at radius 1 is 0.750 bits per heavy atom. The second-order valence-corrected chi connectivity index (χ2v) is 6.08. The van der Waals surface area contributed by atoms with Crippen LogP contribution in [0.4, 0.5) is 0 Å². The number of nitrogens with one attached hydrogen (secondary N) is 1. The van der Waals surface area contributed by atoms with Crippen LogP contribution >= 0.6 is 0 Å². The highest BCUT2D eigenvalue weighted by Crippen LogP contribution is 2.30. The molecule has 1 aliphatic carbocycles. The molecule has 92 valence electrons. The highest BCUT2D eigenvalue weighted by molar-refractivity contribution is 4.87. The zero-order valence-electron chi connectivity index (χ0n) is 10.5. The normalized spacial score (nSPS) is 38.2. The summed E-state index contributed by atoms with van der Waals surface area (Å²) in [4.78, 5) is 2.83. The standard InChI is InChI=1S/C14H26N2/c1-2-4-14(5-3-1)16-8-6-12-10-15-11-13(12)7-9-16/h12-15H,1-11H2. The van der Waals surface area contributed by atoms with Crippen molar-refractivity contribution in [2.24, 2.45) is 11.8 Å². The maximum absolute atomic E-state index is 3.57. The molecule has 0 spiro atoms. The van der Waals surface area contributed by atoms with Crippen molar-refractivity contribution in [2.45, 2.75) is 51.0 Å². The van der Waals surface area contributed by atoms with Gasteiger partial charge in [-0.25, -0.2) is 0 Å². The van der Waals surface area contributed by atoms with Gasteiger partial charge in [-0.05, 0) is 63.7 Å². The van der Waals surface area contributed by atoms with Gasteiger partial charge in [0.15, 0.2) is 0 Å². The van der Waals surface area contributed by atoms with Crippen LogP contribution in [-0.2, 0) is 0 Å². The summed E-state index contributed by atoms with van der Waals surface area (Å²) < 4.78 is 0. The molecule has 1 saturated carbocycles. The molecule has 0 aromatic heterocycles. The molecule has 0 bridgehead atoms. The number of hydrogen-bond donors (Lipinski definition) is 1. The van der Waals surface area contributed by atoms with Crippen LogP contribution in [0.1, 0.15) is 44.9 Å². The fourth-order valence-corrected chi connectivity index (χ4v) is 4.05. The van der Waals surface area contributed by atoms with Crippen molar-refractivity contribution in [2.75, 3.05) is 26.2 Å². The fourth-order valence-electron chi connectivity index (χ4n) is 4.05. The molecule has 2 nitrogen and oxygen atoms in total. The number of hydrogen-bond acceptors (Lipinski definition) is 2. The molecular weight excluding hydrogens is 196 g/mol. The maximum atomic E-state index is 3.57. The van der Waals surface area contributed by atoms with E-state index in [4.69, 9.17) is 0 Å². The third-order valence-corrected chi connectivity index (χ3v) is 5.15. The van der Waals surface area contributed by atoms with Crippen molar-refractivity contribution < 1.29 is 0 Å². The van der Waals surface area contributed by atoms with E-state index < -0.39 is 0 Å². The highest BCUT2D eigenvalue weighted by Gasteiger charge is 2.32. The Labute approximate surface area is 99.8 Å². The third kappa shape index (κ3) is 2.28. The van der Waals surface area contributed by atoms with E-state index in [2.05, 4.69) is 10.2 Å². The summed E-state index contributed by atoms with van der Waals surface area (Å²) in [6.07, 6.45) is 10.3. The van der Waals surface area contributed by atoms with E-state index in [1.54, 1.807) is 0 Å². The van der Waals surface area contributed by atoms with Gasteiger partial charge in [0, 0.05) is 6.04 Å². The van der Waals surface area contributed by atoms with E-state index in [-0.39, 0.29) is 0 Å². The van der Waals surface area contributed by atoms with Crippen LogP contribution in [0, 0.1) is 11.8 Å². The molecule has 1 N–H and O–H groups in total. The first-order valence-electron chi connectivity index (χ1n) is 7.38. The molecule has 2 unspecified atom stereocenters. The molecule has 16 heavy (non-hydrogen) atoms. The fraction of sp³-hybridized carbons (Fsp3) is 1.00. The van der Waals surface area contributed by atoms with Gasteiger partial charge in [0.2, 0.25) is 0 Å². The largest absolute Gasteiger partial charge is 0.316 e. The van der Waals surface area contributed by atoms with Crippen molar-refractivity contribution in [3.8, 4) is 0 Å². The third-order valence-electron chi connectivity index (χ3n) is 5.15. The summed E-state index contributed by atoms with van der Waals surface area (Å²) in [7, 11) is 0. The summed E-state index contributed by atoms with van der Waals surface area (Å²) in [6, 6.07) is 0.945. The lowest BCUT2D eigenvalue weighted by molar-refractivity contribution is 0.158. The van der Waals surface area contributed by atoms with Gasteiger partial charge in [-0.2, -0.15) is 0 Å². The molecule has 0 amide bonds. The van der Waals surface area contributed by atoms with Crippen LogP contribution in [-0.4, -0.2) is 37.1 Å². The van der Waals surface area contributed by atoms with Crippen LogP contribution < -0.4 is 5.32 Å². The summed E-state index contributed by atoms with van der Waals surface area (Å²) in [6.45, 7) is 5.35. The highest BCUT2D eigenvalue weighted by atomic mass is 15.2. The smallest absolute Gasteiger partial charge is 0.00952 e. The number of nitrogens with zero attached hydrogens (tertiary/aromatic N) is 1. The molecule has 0 radical (unpaired) electrons. The zero-order valence-corrected chi connectivity index (χ0v) is 10.5. The first kappa shape index (κ1) is 11.0. The lowest BCUT2D eigenvalue weighted by Gasteiger charge is -2.33. The molecule has 2 atom stereocenters. The van der Waals surface area contributed by atoms with Crippen LogP contribution in [0.5, 0.6) is 0 Å². The molecule has 2 heterocycles. The Morgan fingerprint density at radius 2 is 1.38 bits per heavy atom. The van der Waals surface area contributed by atoms with Gasteiger partial charge in [-0.3, -0.25) is 0 Å². The average Bonchev–Trinajstić information content (AvgIpc) is 2.70. The Bertz CT molecular complexity index is 209. The van der Waals surface area contributed by atoms with Gasteiger partial charge in [0.25, 0.3) is 0 Å². The van der Waals surface area contributed by atoms with E-state index >= 15 is 0 Å². The van der Waals surface area contributed by atoms with E-state index in [0.717, 1.165) is 17.9 Å². The monoisotopic (exact) mass is 222 g/mol. The summed E-state index contributed by atoms with van der Waals surface area (Å²) in [5, 5.41) is 3.57. The van der Waals surface area contributed by atoms with Gasteiger partial charge < -0.3 is 10.2 Å². The minimum absolute atomic E-state index is 0.945. The summed E-state index contributed by atoms with van der Waals surface area (Å²) in [5.74, 6) is 1.99. The lowest BCUT2D eigenvalue weighted by Crippen LogP contribution is -2.37. The Morgan fingerprint density at radius 3 is 2.00 bits per heavy atom. The lowest BCUT2D eigenvalue weighted by atomic mass is 9.92. The van der Waals surface area contributed by atoms with Crippen molar-refractivity contribution in [1.29, 1.82) is 0 Å². The Kier molecular flexibility index (Phi) is 3.49. The van der Waals surface area contributed by atoms with E-state index in [9.17, 15) is 0 Å². The summed E-state index contributed by atoms with van der Waals surface area (Å²) in [5.41, 5.74) is 0. The topological polar surface area (TPSA) is 15.3 Å². The van der Waals surface area contributed by atoms with Gasteiger partial charge in [0.05, 0.1) is 0 Å². The van der Waals surface area contributed by atoms with Crippen molar-refractivity contribution in [3.05, 3.63) is 0 Å². The molecule has 2 saturated heterocycles. The Balaban J connectivity index is 1.56. The van der Waals surface area contributed by atoms with Crippen molar-refractivity contribution in [3.63, 3.8) is 0 Å². The molecule has 3 rings (SSSR count). The Hall–Kier alpha value is -0.0800. The average molecular weight is 222 g/mol. The molecule has 3 aliphatic rings. The van der Waals surface area contributed by atoms with Crippen LogP contribution in [0.2, 0.25) is 0 Å². The molecule has 0 aromatic carbocycles. The van der Waals surface area contributed by atoms with Crippen LogP contribution in [0.3, 0.4) is 0 Å². The predicted molar refractivity (Wildman–Crippen MR) is 67.5 cm³/mol. The molecule has 2 aliphatic heterocycles. The van der Waals surface area contributed by atoms with Gasteiger partial charge in [0.1, 0.15) is 0 Å². The second-order valence-electron chi connectivity index (χ2n) is 6.08. The van der Waals surface area contributed by atoms with Gasteiger partial charge in [-0.15, -0.1) is 0 Å². The molecule has 0 aromatic rings. The minimum atomic E-state index is 0.945. The zero-order chi connectivity index (χ0) is 10.8. The first-order valence-corrected chi connectivity index (χ1v) is 7.38. The number of rotatable bonds is 1. The molecular formula is C14H26N2. The summed E-state index contributed by atoms with van der Waals surface area (Å²) >= 11 is 0. The van der Waals surface area contributed by atoms with Crippen LogP contribution in [0.25, 0.3) is 0 Å². The van der Waals surface area contributed by atoms with Crippen molar-refractivity contribution in [1.82, 2.24) is 10.2 Å². The minimum Gasteiger partial charge on any atom is -0.316 e. The predicted octanol–water partition coefficient (Wildman–Crippen LogP) is 2.25. The van der Waals surface area contributed by atoms with Gasteiger partial charge in [-0.1, -0.05) is 19.3 Å². The first-order chi connectivity index (χ1) is 7.93. The van der Waals surface area contributed by atoms with E-state index in [1.165, 1.54) is 71.1 Å². The number of likely N-dealkylation sites (tertiary alicyclic amines) is 1. The molecule has 3 fully saturated rings.